The molecule has 0 atom stereocenters. The molecule has 0 aliphatic heterocycles. The number of hydrogen-bond donors (Lipinski definition) is 1. The molecular formula is C16H17BrN2S. The van der Waals surface area contributed by atoms with Crippen LogP contribution >= 0.6 is 27.3 Å². The van der Waals surface area contributed by atoms with Crippen LogP contribution < -0.4 is 5.32 Å². The van der Waals surface area contributed by atoms with Gasteiger partial charge in [0.05, 0.1) is 0 Å². The molecule has 0 fully saturated rings. The average Bonchev–Trinajstić information content (AvgIpc) is 3.01. The van der Waals surface area contributed by atoms with Gasteiger partial charge in [-0.3, -0.25) is 0 Å². The predicted octanol–water partition coefficient (Wildman–Crippen LogP) is 4.56. The first-order valence-electron chi connectivity index (χ1n) is 6.71. The number of nitrogens with zero attached hydrogens (tertiary/aromatic N) is 1. The maximum absolute atomic E-state index is 3.50. The SMILES string of the molecule is Cc1ccc2ccn(CCNCc3cc(Br)cs3)c2c1. The zero-order chi connectivity index (χ0) is 13.9. The van der Waals surface area contributed by atoms with E-state index in [0.29, 0.717) is 0 Å². The van der Waals surface area contributed by atoms with E-state index in [9.17, 15) is 0 Å². The van der Waals surface area contributed by atoms with E-state index in [2.05, 4.69) is 74.6 Å². The third kappa shape index (κ3) is 3.14. The number of fused-ring (bicyclic) bond motifs is 1. The fourth-order valence-electron chi connectivity index (χ4n) is 2.35. The van der Waals surface area contributed by atoms with Gasteiger partial charge in [-0.2, -0.15) is 0 Å². The van der Waals surface area contributed by atoms with E-state index in [0.717, 1.165) is 19.6 Å². The van der Waals surface area contributed by atoms with Crippen LogP contribution in [0.3, 0.4) is 0 Å². The third-order valence-electron chi connectivity index (χ3n) is 3.38. The fourth-order valence-corrected chi connectivity index (χ4v) is 3.77. The van der Waals surface area contributed by atoms with Crippen LogP contribution in [-0.2, 0) is 13.1 Å². The summed E-state index contributed by atoms with van der Waals surface area (Å²) in [6, 6.07) is 11.0. The molecule has 0 spiro atoms. The molecule has 4 heteroatoms. The maximum Gasteiger partial charge on any atom is 0.0483 e. The van der Waals surface area contributed by atoms with Gasteiger partial charge in [-0.1, -0.05) is 12.1 Å². The molecule has 3 aromatic rings. The van der Waals surface area contributed by atoms with Gasteiger partial charge in [0.2, 0.25) is 0 Å². The minimum atomic E-state index is 0.939. The summed E-state index contributed by atoms with van der Waals surface area (Å²) in [6.07, 6.45) is 2.17. The van der Waals surface area contributed by atoms with Crippen molar-refractivity contribution in [2.24, 2.45) is 0 Å². The monoisotopic (exact) mass is 348 g/mol. The highest BCUT2D eigenvalue weighted by Crippen LogP contribution is 2.19. The molecule has 0 aliphatic rings. The van der Waals surface area contributed by atoms with Gasteiger partial charge in [-0.25, -0.2) is 0 Å². The minimum absolute atomic E-state index is 0.939. The zero-order valence-corrected chi connectivity index (χ0v) is 13.8. The Balaban J connectivity index is 1.58. The molecule has 2 nitrogen and oxygen atoms in total. The Kier molecular flexibility index (Phi) is 4.24. The van der Waals surface area contributed by atoms with Gasteiger partial charge in [-0.15, -0.1) is 11.3 Å². The Hall–Kier alpha value is -1.10. The number of aromatic nitrogens is 1. The molecule has 0 amide bonds. The molecule has 0 bridgehead atoms. The molecule has 0 unspecified atom stereocenters. The van der Waals surface area contributed by atoms with Crippen LogP contribution in [0, 0.1) is 6.92 Å². The van der Waals surface area contributed by atoms with Crippen LogP contribution in [0.25, 0.3) is 10.9 Å². The number of benzene rings is 1. The molecule has 2 aromatic heterocycles. The summed E-state index contributed by atoms with van der Waals surface area (Å²) in [5.41, 5.74) is 2.64. The molecule has 0 saturated heterocycles. The maximum atomic E-state index is 3.50. The van der Waals surface area contributed by atoms with Crippen LogP contribution in [0.15, 0.2) is 46.4 Å². The lowest BCUT2D eigenvalue weighted by atomic mass is 10.2. The Labute approximate surface area is 131 Å². The van der Waals surface area contributed by atoms with Crippen molar-refractivity contribution in [3.05, 3.63) is 56.8 Å². The number of thiophene rings is 1. The first-order valence-corrected chi connectivity index (χ1v) is 8.39. The number of hydrogen-bond acceptors (Lipinski definition) is 2. The summed E-state index contributed by atoms with van der Waals surface area (Å²) in [5, 5.41) is 6.94. The van der Waals surface area contributed by atoms with Crippen molar-refractivity contribution in [2.75, 3.05) is 6.54 Å². The first kappa shape index (κ1) is 13.9. The van der Waals surface area contributed by atoms with Crippen molar-refractivity contribution in [1.82, 2.24) is 9.88 Å². The topological polar surface area (TPSA) is 17.0 Å². The van der Waals surface area contributed by atoms with Crippen LogP contribution in [0.1, 0.15) is 10.4 Å². The second kappa shape index (κ2) is 6.12. The molecular weight excluding hydrogens is 332 g/mol. The predicted molar refractivity (Wildman–Crippen MR) is 90.4 cm³/mol. The van der Waals surface area contributed by atoms with E-state index in [-0.39, 0.29) is 0 Å². The number of rotatable bonds is 5. The van der Waals surface area contributed by atoms with Crippen LogP contribution in [0.5, 0.6) is 0 Å². The van der Waals surface area contributed by atoms with Gasteiger partial charge < -0.3 is 9.88 Å². The van der Waals surface area contributed by atoms with E-state index in [4.69, 9.17) is 0 Å². The van der Waals surface area contributed by atoms with Gasteiger partial charge in [0.15, 0.2) is 0 Å². The molecule has 1 N–H and O–H groups in total. The highest BCUT2D eigenvalue weighted by atomic mass is 79.9. The summed E-state index contributed by atoms with van der Waals surface area (Å²) in [4.78, 5) is 1.37. The quantitative estimate of drug-likeness (QED) is 0.668. The molecule has 20 heavy (non-hydrogen) atoms. The van der Waals surface area contributed by atoms with Crippen molar-refractivity contribution in [3.63, 3.8) is 0 Å². The molecule has 0 aliphatic carbocycles. The van der Waals surface area contributed by atoms with Crippen LogP contribution in [0.2, 0.25) is 0 Å². The Morgan fingerprint density at radius 2 is 2.15 bits per heavy atom. The number of aryl methyl sites for hydroxylation is 1. The highest BCUT2D eigenvalue weighted by molar-refractivity contribution is 9.10. The van der Waals surface area contributed by atoms with Crippen molar-refractivity contribution < 1.29 is 0 Å². The van der Waals surface area contributed by atoms with E-state index >= 15 is 0 Å². The lowest BCUT2D eigenvalue weighted by Crippen LogP contribution is -2.18. The summed E-state index contributed by atoms with van der Waals surface area (Å²) >= 11 is 5.27. The van der Waals surface area contributed by atoms with Gasteiger partial charge >= 0.3 is 0 Å². The van der Waals surface area contributed by atoms with E-state index in [1.807, 2.05) is 0 Å². The Morgan fingerprint density at radius 1 is 1.25 bits per heavy atom. The summed E-state index contributed by atoms with van der Waals surface area (Å²) in [5.74, 6) is 0. The average molecular weight is 349 g/mol. The molecule has 2 heterocycles. The normalized spacial score (nSPS) is 11.3. The smallest absolute Gasteiger partial charge is 0.0483 e. The lowest BCUT2D eigenvalue weighted by molar-refractivity contribution is 0.613. The third-order valence-corrected chi connectivity index (χ3v) is 5.08. The number of nitrogens with one attached hydrogen (secondary N) is 1. The Bertz CT molecular complexity index is 714. The summed E-state index contributed by atoms with van der Waals surface area (Å²) in [7, 11) is 0. The van der Waals surface area contributed by atoms with Crippen molar-refractivity contribution in [2.45, 2.75) is 20.0 Å². The number of halogens is 1. The van der Waals surface area contributed by atoms with Crippen molar-refractivity contribution in [3.8, 4) is 0 Å². The highest BCUT2D eigenvalue weighted by Gasteiger charge is 2.01. The molecule has 3 rings (SSSR count). The van der Waals surface area contributed by atoms with Gasteiger partial charge in [0, 0.05) is 46.1 Å². The largest absolute Gasteiger partial charge is 0.346 e. The second-order valence-electron chi connectivity index (χ2n) is 4.98. The van der Waals surface area contributed by atoms with Gasteiger partial charge in [0.1, 0.15) is 0 Å². The molecule has 0 saturated carbocycles. The van der Waals surface area contributed by atoms with Crippen molar-refractivity contribution >= 4 is 38.2 Å². The van der Waals surface area contributed by atoms with Crippen LogP contribution in [0.4, 0.5) is 0 Å². The summed E-state index contributed by atoms with van der Waals surface area (Å²) in [6.45, 7) is 5.06. The molecule has 1 aromatic carbocycles. The molecule has 104 valence electrons. The summed E-state index contributed by atoms with van der Waals surface area (Å²) < 4.78 is 3.49. The lowest BCUT2D eigenvalue weighted by Gasteiger charge is -2.07. The zero-order valence-electron chi connectivity index (χ0n) is 11.4. The second-order valence-corrected chi connectivity index (χ2v) is 6.89. The fraction of sp³-hybridized carbons (Fsp3) is 0.250. The first-order chi connectivity index (χ1) is 9.72. The van der Waals surface area contributed by atoms with E-state index in [1.165, 1.54) is 25.8 Å². The van der Waals surface area contributed by atoms with Crippen LogP contribution in [-0.4, -0.2) is 11.1 Å². The van der Waals surface area contributed by atoms with E-state index in [1.54, 1.807) is 11.3 Å². The van der Waals surface area contributed by atoms with Gasteiger partial charge in [0.25, 0.3) is 0 Å². The Morgan fingerprint density at radius 3 is 2.95 bits per heavy atom. The standard InChI is InChI=1S/C16H17BrN2S/c1-12-2-3-13-4-6-19(16(13)8-12)7-5-18-10-15-9-14(17)11-20-15/h2-4,6,8-9,11,18H,5,7,10H2,1H3. The minimum Gasteiger partial charge on any atom is -0.346 e. The van der Waals surface area contributed by atoms with Gasteiger partial charge in [-0.05, 0) is 52.0 Å². The van der Waals surface area contributed by atoms with E-state index < -0.39 is 0 Å². The van der Waals surface area contributed by atoms with Crippen molar-refractivity contribution in [1.29, 1.82) is 0 Å². The molecule has 0 radical (unpaired) electrons.